The maximum absolute atomic E-state index is 12.7. The summed E-state index contributed by atoms with van der Waals surface area (Å²) in [5, 5.41) is 13.8. The van der Waals surface area contributed by atoms with Crippen molar-refractivity contribution < 1.29 is 22.8 Å². The molecule has 148 valence electrons. The first-order valence-corrected chi connectivity index (χ1v) is 8.53. The molecule has 0 aliphatic heterocycles. The highest BCUT2D eigenvalue weighted by molar-refractivity contribution is 6.40. The summed E-state index contributed by atoms with van der Waals surface area (Å²) in [5.74, 6) is -1.95. The molecule has 0 unspecified atom stereocenters. The Labute approximate surface area is 167 Å². The number of rotatable bonds is 3. The lowest BCUT2D eigenvalue weighted by molar-refractivity contribution is -0.137. The Morgan fingerprint density at radius 2 is 1.90 bits per heavy atom. The number of carbonyl (C=O) groups excluding carboxylic acids is 2. The van der Waals surface area contributed by atoms with Gasteiger partial charge in [0.1, 0.15) is 0 Å². The minimum absolute atomic E-state index is 0.184. The molecule has 0 atom stereocenters. The Hall–Kier alpha value is -3.51. The Kier molecular flexibility index (Phi) is 5.48. The van der Waals surface area contributed by atoms with Gasteiger partial charge in [0, 0.05) is 23.6 Å². The summed E-state index contributed by atoms with van der Waals surface area (Å²) in [6.07, 6.45) is -3.10. The fourth-order valence-electron chi connectivity index (χ4n) is 2.63. The molecular formula is C19H12ClF3N4O2. The van der Waals surface area contributed by atoms with E-state index in [1.54, 1.807) is 18.2 Å². The van der Waals surface area contributed by atoms with Crippen molar-refractivity contribution >= 4 is 40.0 Å². The van der Waals surface area contributed by atoms with Gasteiger partial charge in [0.25, 0.3) is 0 Å². The van der Waals surface area contributed by atoms with Gasteiger partial charge in [-0.1, -0.05) is 17.7 Å². The summed E-state index contributed by atoms with van der Waals surface area (Å²) in [6.45, 7) is -0.184. The second-order valence-corrected chi connectivity index (χ2v) is 6.43. The highest BCUT2D eigenvalue weighted by Gasteiger charge is 2.33. The van der Waals surface area contributed by atoms with E-state index >= 15 is 0 Å². The number of aromatic amines is 1. The van der Waals surface area contributed by atoms with E-state index in [1.165, 1.54) is 6.20 Å². The molecule has 10 heteroatoms. The average molecular weight is 421 g/mol. The second kappa shape index (κ2) is 7.85. The number of alkyl halides is 3. The number of carbonyl (C=O) groups is 2. The van der Waals surface area contributed by atoms with Crippen LogP contribution in [0.1, 0.15) is 16.7 Å². The van der Waals surface area contributed by atoms with Crippen molar-refractivity contribution in [2.24, 2.45) is 0 Å². The molecule has 3 aromatic rings. The summed E-state index contributed by atoms with van der Waals surface area (Å²) in [4.78, 5) is 27.0. The van der Waals surface area contributed by atoms with Crippen LogP contribution in [0.3, 0.4) is 0 Å². The van der Waals surface area contributed by atoms with Crippen molar-refractivity contribution in [3.63, 3.8) is 0 Å². The Morgan fingerprint density at radius 3 is 2.55 bits per heavy atom. The van der Waals surface area contributed by atoms with Crippen LogP contribution >= 0.6 is 11.6 Å². The summed E-state index contributed by atoms with van der Waals surface area (Å²) >= 11 is 5.63. The van der Waals surface area contributed by atoms with Crippen LogP contribution in [0.5, 0.6) is 0 Å². The molecule has 2 amide bonds. The molecule has 1 aromatic heterocycles. The van der Waals surface area contributed by atoms with E-state index in [0.29, 0.717) is 27.7 Å². The molecule has 0 saturated carbocycles. The number of hydrogen-bond acceptors (Lipinski definition) is 3. The van der Waals surface area contributed by atoms with Crippen molar-refractivity contribution in [2.75, 3.05) is 5.32 Å². The van der Waals surface area contributed by atoms with Gasteiger partial charge in [0.05, 0.1) is 27.9 Å². The van der Waals surface area contributed by atoms with E-state index in [9.17, 15) is 22.8 Å². The quantitative estimate of drug-likeness (QED) is 0.559. The summed E-state index contributed by atoms with van der Waals surface area (Å²) in [5.41, 5.74) is 0.683. The number of aromatic nitrogens is 1. The smallest absolute Gasteiger partial charge is 0.359 e. The molecule has 29 heavy (non-hydrogen) atoms. The highest BCUT2D eigenvalue weighted by atomic mass is 35.5. The summed E-state index contributed by atoms with van der Waals surface area (Å²) in [6, 6.07) is 9.85. The molecule has 0 radical (unpaired) electrons. The molecule has 0 spiro atoms. The van der Waals surface area contributed by atoms with Crippen LogP contribution in [0.4, 0.5) is 18.9 Å². The standard InChI is InChI=1S/C19H12ClF3N4O2/c20-14-6-11(1-3-13(14)19(21,22)23)8-26-17(28)18(29)27-16-9-25-15-4-2-10(7-24)5-12(15)16/h1-6,9,25H,8H2,(H,26,28)(H,27,29). The molecule has 2 aromatic carbocycles. The third-order valence-electron chi connectivity index (χ3n) is 4.06. The second-order valence-electron chi connectivity index (χ2n) is 6.02. The van der Waals surface area contributed by atoms with Gasteiger partial charge < -0.3 is 15.6 Å². The zero-order chi connectivity index (χ0) is 21.2. The van der Waals surface area contributed by atoms with Crippen molar-refractivity contribution in [3.05, 3.63) is 64.3 Å². The fourth-order valence-corrected chi connectivity index (χ4v) is 2.94. The highest BCUT2D eigenvalue weighted by Crippen LogP contribution is 2.34. The normalized spacial score (nSPS) is 11.1. The zero-order valence-corrected chi connectivity index (χ0v) is 15.3. The van der Waals surface area contributed by atoms with Gasteiger partial charge >= 0.3 is 18.0 Å². The van der Waals surface area contributed by atoms with E-state index in [4.69, 9.17) is 16.9 Å². The number of benzene rings is 2. The number of amides is 2. The van der Waals surface area contributed by atoms with Gasteiger partial charge in [-0.05, 0) is 35.9 Å². The first-order chi connectivity index (χ1) is 13.7. The van der Waals surface area contributed by atoms with Crippen LogP contribution in [-0.2, 0) is 22.3 Å². The fraction of sp³-hybridized carbons (Fsp3) is 0.105. The lowest BCUT2D eigenvalue weighted by Crippen LogP contribution is -2.34. The molecule has 6 nitrogen and oxygen atoms in total. The van der Waals surface area contributed by atoms with Crippen molar-refractivity contribution in [3.8, 4) is 6.07 Å². The van der Waals surface area contributed by atoms with Gasteiger partial charge in [-0.2, -0.15) is 18.4 Å². The molecular weight excluding hydrogens is 409 g/mol. The number of H-pyrrole nitrogens is 1. The van der Waals surface area contributed by atoms with E-state index in [0.717, 1.165) is 18.2 Å². The molecule has 0 bridgehead atoms. The van der Waals surface area contributed by atoms with Crippen LogP contribution in [0.2, 0.25) is 5.02 Å². The number of anilines is 1. The minimum Gasteiger partial charge on any atom is -0.359 e. The molecule has 3 rings (SSSR count). The number of nitriles is 1. The number of hydrogen-bond donors (Lipinski definition) is 3. The summed E-state index contributed by atoms with van der Waals surface area (Å²) < 4.78 is 38.1. The maximum Gasteiger partial charge on any atom is 0.417 e. The lowest BCUT2D eigenvalue weighted by Gasteiger charge is -2.11. The van der Waals surface area contributed by atoms with Gasteiger partial charge in [-0.25, -0.2) is 0 Å². The third kappa shape index (κ3) is 4.50. The number of fused-ring (bicyclic) bond motifs is 1. The monoisotopic (exact) mass is 420 g/mol. The van der Waals surface area contributed by atoms with Gasteiger partial charge in [0.15, 0.2) is 0 Å². The predicted molar refractivity (Wildman–Crippen MR) is 99.9 cm³/mol. The first-order valence-electron chi connectivity index (χ1n) is 8.15. The third-order valence-corrected chi connectivity index (χ3v) is 4.37. The predicted octanol–water partition coefficient (Wildman–Crippen LogP) is 3.97. The van der Waals surface area contributed by atoms with E-state index in [1.807, 2.05) is 6.07 Å². The van der Waals surface area contributed by atoms with E-state index in [-0.39, 0.29) is 6.54 Å². The Bertz CT molecular complexity index is 1150. The largest absolute Gasteiger partial charge is 0.417 e. The molecule has 0 fully saturated rings. The Morgan fingerprint density at radius 1 is 1.14 bits per heavy atom. The van der Waals surface area contributed by atoms with E-state index < -0.39 is 28.6 Å². The van der Waals surface area contributed by atoms with Gasteiger partial charge in [-0.15, -0.1) is 0 Å². The van der Waals surface area contributed by atoms with Crippen LogP contribution < -0.4 is 10.6 Å². The van der Waals surface area contributed by atoms with Crippen molar-refractivity contribution in [1.82, 2.24) is 10.3 Å². The number of halogens is 4. The lowest BCUT2D eigenvalue weighted by atomic mass is 10.1. The molecule has 0 saturated heterocycles. The van der Waals surface area contributed by atoms with Crippen LogP contribution in [0, 0.1) is 11.3 Å². The first kappa shape index (κ1) is 20.2. The minimum atomic E-state index is -4.58. The maximum atomic E-state index is 12.7. The van der Waals surface area contributed by atoms with Crippen LogP contribution in [0.15, 0.2) is 42.6 Å². The number of nitrogens with one attached hydrogen (secondary N) is 3. The summed E-state index contributed by atoms with van der Waals surface area (Å²) in [7, 11) is 0. The molecule has 1 heterocycles. The van der Waals surface area contributed by atoms with Crippen molar-refractivity contribution in [1.29, 1.82) is 5.26 Å². The van der Waals surface area contributed by atoms with Gasteiger partial charge in [-0.3, -0.25) is 9.59 Å². The van der Waals surface area contributed by atoms with E-state index in [2.05, 4.69) is 15.6 Å². The topological polar surface area (TPSA) is 97.8 Å². The zero-order valence-electron chi connectivity index (χ0n) is 14.5. The molecule has 0 aliphatic rings. The SMILES string of the molecule is N#Cc1ccc2[nH]cc(NC(=O)C(=O)NCc3ccc(C(F)(F)F)c(Cl)c3)c2c1. The Balaban J connectivity index is 1.65. The molecule has 0 aliphatic carbocycles. The average Bonchev–Trinajstić information content (AvgIpc) is 3.06. The number of nitrogens with zero attached hydrogens (tertiary/aromatic N) is 1. The van der Waals surface area contributed by atoms with Crippen LogP contribution in [-0.4, -0.2) is 16.8 Å². The molecule has 3 N–H and O–H groups in total. The van der Waals surface area contributed by atoms with Crippen LogP contribution in [0.25, 0.3) is 10.9 Å². The van der Waals surface area contributed by atoms with Gasteiger partial charge in [0.2, 0.25) is 0 Å². The van der Waals surface area contributed by atoms with Crippen molar-refractivity contribution in [2.45, 2.75) is 12.7 Å².